The molecule has 27 heavy (non-hydrogen) atoms. The largest absolute Gasteiger partial charge is 0.481 e. The number of halogens is 3. The first-order valence-electron chi connectivity index (χ1n) is 8.01. The maximum atomic E-state index is 13.1. The van der Waals surface area contributed by atoms with Crippen LogP contribution in [0.2, 0.25) is 0 Å². The summed E-state index contributed by atoms with van der Waals surface area (Å²) >= 11 is 0. The van der Waals surface area contributed by atoms with Crippen molar-refractivity contribution in [2.45, 2.75) is 33.0 Å². The van der Waals surface area contributed by atoms with Crippen LogP contribution in [0.5, 0.6) is 5.75 Å². The van der Waals surface area contributed by atoms with E-state index in [-0.39, 0.29) is 12.3 Å². The van der Waals surface area contributed by atoms with Gasteiger partial charge in [-0.2, -0.15) is 13.2 Å². The Morgan fingerprint density at radius 2 is 2.07 bits per heavy atom. The van der Waals surface area contributed by atoms with Crippen LogP contribution in [0, 0.1) is 0 Å². The molecule has 0 saturated heterocycles. The normalized spacial score (nSPS) is 13.1. The fourth-order valence-corrected chi connectivity index (χ4v) is 2.11. The predicted molar refractivity (Wildman–Crippen MR) is 96.8 cm³/mol. The van der Waals surface area contributed by atoms with Gasteiger partial charge in [-0.25, -0.2) is 4.98 Å². The molecule has 0 aliphatic heterocycles. The molecule has 1 aromatic heterocycles. The van der Waals surface area contributed by atoms with Gasteiger partial charge in [-0.3, -0.25) is 14.4 Å². The van der Waals surface area contributed by atoms with Crippen LogP contribution in [0.3, 0.4) is 0 Å². The van der Waals surface area contributed by atoms with Gasteiger partial charge in [-0.1, -0.05) is 25.7 Å². The van der Waals surface area contributed by atoms with Crippen molar-refractivity contribution in [3.8, 4) is 5.75 Å². The van der Waals surface area contributed by atoms with E-state index < -0.39 is 23.2 Å². The molecule has 0 aliphatic rings. The lowest BCUT2D eigenvalue weighted by Gasteiger charge is -2.14. The van der Waals surface area contributed by atoms with Gasteiger partial charge in [0.1, 0.15) is 0 Å². The Kier molecular flexibility index (Phi) is 8.01. The monoisotopic (exact) mass is 385 g/mol. The number of alkyl halides is 3. The summed E-state index contributed by atoms with van der Waals surface area (Å²) in [5, 5.41) is 0. The number of aliphatic imine (C=N–C) groups is 1. The third-order valence-electron chi connectivity index (χ3n) is 3.23. The van der Waals surface area contributed by atoms with Gasteiger partial charge in [-0.15, -0.1) is 0 Å². The zero-order chi connectivity index (χ0) is 20.6. The average molecular weight is 385 g/mol. The van der Waals surface area contributed by atoms with Crippen molar-refractivity contribution in [1.82, 2.24) is 9.55 Å². The number of hydrogen-bond donors (Lipinski definition) is 0. The number of nitrogens with zero attached hydrogens (tertiary/aromatic N) is 3. The quantitative estimate of drug-likeness (QED) is 0.310. The van der Waals surface area contributed by atoms with E-state index in [1.54, 1.807) is 19.2 Å². The molecule has 0 unspecified atom stereocenters. The van der Waals surface area contributed by atoms with Gasteiger partial charge in [-0.05, 0) is 18.9 Å². The molecule has 0 aliphatic carbocycles. The van der Waals surface area contributed by atoms with Gasteiger partial charge >= 0.3 is 6.18 Å². The molecular weight excluding hydrogens is 363 g/mol. The zero-order valence-electron chi connectivity index (χ0n) is 15.6. The Hall–Kier alpha value is -2.84. The number of allylic oxidation sites excluding steroid dienone is 4. The van der Waals surface area contributed by atoms with Gasteiger partial charge < -0.3 is 9.47 Å². The molecule has 1 heterocycles. The van der Waals surface area contributed by atoms with Crippen molar-refractivity contribution < 1.29 is 22.6 Å². The van der Waals surface area contributed by atoms with E-state index in [1.165, 1.54) is 14.0 Å². The first-order chi connectivity index (χ1) is 12.6. The lowest BCUT2D eigenvalue weighted by atomic mass is 10.2. The molecule has 9 heteroatoms. The second-order valence-electron chi connectivity index (χ2n) is 5.44. The molecule has 0 spiro atoms. The highest BCUT2D eigenvalue weighted by molar-refractivity contribution is 5.87. The highest BCUT2D eigenvalue weighted by atomic mass is 19.4. The second kappa shape index (κ2) is 9.75. The minimum Gasteiger partial charge on any atom is -0.481 e. The fraction of sp³-hybridized carbons (Fsp3) is 0.389. The van der Waals surface area contributed by atoms with Crippen molar-refractivity contribution in [2.75, 3.05) is 14.2 Å². The Morgan fingerprint density at radius 1 is 1.41 bits per heavy atom. The Balaban J connectivity index is 3.35. The second-order valence-corrected chi connectivity index (χ2v) is 5.44. The number of rotatable bonds is 7. The highest BCUT2D eigenvalue weighted by Gasteiger charge is 2.38. The lowest BCUT2D eigenvalue weighted by molar-refractivity contribution is -0.142. The lowest BCUT2D eigenvalue weighted by Crippen LogP contribution is -2.27. The van der Waals surface area contributed by atoms with E-state index in [4.69, 9.17) is 9.47 Å². The summed E-state index contributed by atoms with van der Waals surface area (Å²) < 4.78 is 50.3. The third-order valence-corrected chi connectivity index (χ3v) is 3.23. The molecule has 1 rings (SSSR count). The first-order valence-corrected chi connectivity index (χ1v) is 8.01. The van der Waals surface area contributed by atoms with Gasteiger partial charge in [0.2, 0.25) is 11.6 Å². The van der Waals surface area contributed by atoms with Crippen molar-refractivity contribution in [2.24, 2.45) is 4.99 Å². The van der Waals surface area contributed by atoms with Crippen LogP contribution in [0.1, 0.15) is 26.0 Å². The highest BCUT2D eigenvalue weighted by Crippen LogP contribution is 2.32. The van der Waals surface area contributed by atoms with E-state index in [0.29, 0.717) is 17.9 Å². The third kappa shape index (κ3) is 6.43. The van der Waals surface area contributed by atoms with Crippen LogP contribution < -0.4 is 10.3 Å². The molecule has 0 N–H and O–H groups in total. The molecule has 6 nitrogen and oxygen atoms in total. The Morgan fingerprint density at radius 3 is 2.56 bits per heavy atom. The van der Waals surface area contributed by atoms with Crippen molar-refractivity contribution in [3.05, 3.63) is 58.5 Å². The SMILES string of the molecule is C=C(C)Oc1c(C(F)(F)F)ncn(CC(/C=C\C(=NC)OC)=C\CC)c1=O. The van der Waals surface area contributed by atoms with Crippen LogP contribution in [-0.4, -0.2) is 29.6 Å². The van der Waals surface area contributed by atoms with Crippen LogP contribution in [0.25, 0.3) is 0 Å². The first kappa shape index (κ1) is 22.2. The van der Waals surface area contributed by atoms with Crippen LogP contribution >= 0.6 is 0 Å². The number of aromatic nitrogens is 2. The van der Waals surface area contributed by atoms with Gasteiger partial charge in [0.15, 0.2) is 5.69 Å². The Bertz CT molecular complexity index is 821. The van der Waals surface area contributed by atoms with Crippen molar-refractivity contribution >= 4 is 5.90 Å². The van der Waals surface area contributed by atoms with Crippen LogP contribution in [0.15, 0.2) is 52.3 Å². The fourth-order valence-electron chi connectivity index (χ4n) is 2.11. The molecule has 148 valence electrons. The van der Waals surface area contributed by atoms with Gasteiger partial charge in [0, 0.05) is 13.1 Å². The maximum Gasteiger partial charge on any atom is 0.437 e. The van der Waals surface area contributed by atoms with Crippen molar-refractivity contribution in [1.29, 1.82) is 0 Å². The number of ether oxygens (including phenoxy) is 2. The molecule has 0 saturated carbocycles. The molecule has 0 radical (unpaired) electrons. The Labute approximate surface area is 155 Å². The minimum atomic E-state index is -4.82. The summed E-state index contributed by atoms with van der Waals surface area (Å²) in [5.41, 5.74) is -1.67. The maximum absolute atomic E-state index is 13.1. The molecule has 0 bridgehead atoms. The molecule has 1 aromatic rings. The van der Waals surface area contributed by atoms with Gasteiger partial charge in [0.05, 0.1) is 25.7 Å². The topological polar surface area (TPSA) is 65.7 Å². The van der Waals surface area contributed by atoms with E-state index in [9.17, 15) is 18.0 Å². The molecule has 0 aromatic carbocycles. The van der Waals surface area contributed by atoms with E-state index in [2.05, 4.69) is 16.6 Å². The van der Waals surface area contributed by atoms with E-state index in [0.717, 1.165) is 10.9 Å². The van der Waals surface area contributed by atoms with Crippen LogP contribution in [-0.2, 0) is 17.5 Å². The van der Waals surface area contributed by atoms with Crippen LogP contribution in [0.4, 0.5) is 13.2 Å². The number of methoxy groups -OCH3 is 1. The molecule has 0 fully saturated rings. The summed E-state index contributed by atoms with van der Waals surface area (Å²) in [7, 11) is 3.01. The summed E-state index contributed by atoms with van der Waals surface area (Å²) in [6.45, 7) is 6.63. The molecular formula is C18H22F3N3O3. The van der Waals surface area contributed by atoms with Gasteiger partial charge in [0.25, 0.3) is 5.56 Å². The smallest absolute Gasteiger partial charge is 0.437 e. The summed E-state index contributed by atoms with van der Waals surface area (Å²) in [6.07, 6.45) is 1.76. The zero-order valence-corrected chi connectivity index (χ0v) is 15.6. The number of hydrogen-bond acceptors (Lipinski definition) is 5. The summed E-state index contributed by atoms with van der Waals surface area (Å²) in [4.78, 5) is 19.8. The molecule has 0 atom stereocenters. The minimum absolute atomic E-state index is 0.00156. The average Bonchev–Trinajstić information content (AvgIpc) is 2.57. The predicted octanol–water partition coefficient (Wildman–Crippen LogP) is 3.74. The summed E-state index contributed by atoms with van der Waals surface area (Å²) in [6, 6.07) is 0. The van der Waals surface area contributed by atoms with Crippen molar-refractivity contribution in [3.63, 3.8) is 0 Å². The van der Waals surface area contributed by atoms with E-state index >= 15 is 0 Å². The standard InChI is InChI=1S/C18H22F3N3O3/c1-6-7-13(8-9-14(22-4)26-5)10-24-11-23-16(18(19,20)21)15(17(24)25)27-12(2)3/h7-9,11H,2,6,10H2,1,3-5H3/b9-8-,13-7-,22-14?. The summed E-state index contributed by atoms with van der Waals surface area (Å²) in [5.74, 6) is -0.587. The molecule has 0 amide bonds. The van der Waals surface area contributed by atoms with E-state index in [1.807, 2.05) is 13.0 Å².